The summed E-state index contributed by atoms with van der Waals surface area (Å²) in [7, 11) is 1.62. The molecule has 0 heterocycles. The zero-order chi connectivity index (χ0) is 18.9. The van der Waals surface area contributed by atoms with Gasteiger partial charge in [0.15, 0.2) is 0 Å². The van der Waals surface area contributed by atoms with E-state index in [1.165, 1.54) is 0 Å². The molecule has 0 bridgehead atoms. The van der Waals surface area contributed by atoms with E-state index < -0.39 is 6.04 Å². The van der Waals surface area contributed by atoms with E-state index in [4.69, 9.17) is 0 Å². The van der Waals surface area contributed by atoms with Gasteiger partial charge in [-0.2, -0.15) is 0 Å². The SMILES string of the molecule is CCCC(=O)N(Cc1cccc(C)c1)[C@@H](Cc1ccccc1)C(=O)NC. The Morgan fingerprint density at radius 2 is 1.73 bits per heavy atom. The number of rotatable bonds is 8. The van der Waals surface area contributed by atoms with E-state index in [-0.39, 0.29) is 11.8 Å². The van der Waals surface area contributed by atoms with Crippen molar-refractivity contribution in [1.82, 2.24) is 10.2 Å². The van der Waals surface area contributed by atoms with Crippen molar-refractivity contribution in [3.63, 3.8) is 0 Å². The Hall–Kier alpha value is -2.62. The van der Waals surface area contributed by atoms with Crippen molar-refractivity contribution >= 4 is 11.8 Å². The van der Waals surface area contributed by atoms with Gasteiger partial charge in [-0.3, -0.25) is 9.59 Å². The van der Waals surface area contributed by atoms with Gasteiger partial charge in [-0.25, -0.2) is 0 Å². The van der Waals surface area contributed by atoms with Gasteiger partial charge in [0.05, 0.1) is 0 Å². The lowest BCUT2D eigenvalue weighted by molar-refractivity contribution is -0.141. The Balaban J connectivity index is 2.33. The van der Waals surface area contributed by atoms with Crippen LogP contribution in [0.2, 0.25) is 0 Å². The van der Waals surface area contributed by atoms with Crippen molar-refractivity contribution in [2.45, 2.75) is 45.7 Å². The number of hydrogen-bond acceptors (Lipinski definition) is 2. The topological polar surface area (TPSA) is 49.4 Å². The first kappa shape index (κ1) is 19.7. The second-order valence-electron chi connectivity index (χ2n) is 6.58. The molecule has 2 aromatic carbocycles. The average Bonchev–Trinajstić information content (AvgIpc) is 2.65. The maximum absolute atomic E-state index is 12.8. The van der Waals surface area contributed by atoms with E-state index in [0.29, 0.717) is 19.4 Å². The van der Waals surface area contributed by atoms with Crippen molar-refractivity contribution in [1.29, 1.82) is 0 Å². The summed E-state index contributed by atoms with van der Waals surface area (Å²) < 4.78 is 0. The quantitative estimate of drug-likeness (QED) is 0.791. The fourth-order valence-corrected chi connectivity index (χ4v) is 3.09. The Kier molecular flexibility index (Phi) is 7.39. The summed E-state index contributed by atoms with van der Waals surface area (Å²) in [4.78, 5) is 27.2. The normalized spacial score (nSPS) is 11.7. The largest absolute Gasteiger partial charge is 0.357 e. The van der Waals surface area contributed by atoms with Gasteiger partial charge in [0, 0.05) is 26.4 Å². The third kappa shape index (κ3) is 5.45. The predicted octanol–water partition coefficient (Wildman–Crippen LogP) is 3.48. The van der Waals surface area contributed by atoms with Gasteiger partial charge in [0.1, 0.15) is 6.04 Å². The molecule has 0 radical (unpaired) electrons. The summed E-state index contributed by atoms with van der Waals surface area (Å²) in [5.74, 6) is -0.121. The summed E-state index contributed by atoms with van der Waals surface area (Å²) in [5, 5.41) is 2.73. The van der Waals surface area contributed by atoms with E-state index in [0.717, 1.165) is 23.1 Å². The molecular weight excluding hydrogens is 324 g/mol. The molecule has 4 heteroatoms. The lowest BCUT2D eigenvalue weighted by Gasteiger charge is -2.31. The van der Waals surface area contributed by atoms with E-state index in [1.54, 1.807) is 11.9 Å². The lowest BCUT2D eigenvalue weighted by Crippen LogP contribution is -2.49. The van der Waals surface area contributed by atoms with Crippen LogP contribution >= 0.6 is 0 Å². The molecule has 0 fully saturated rings. The molecule has 2 amide bonds. The van der Waals surface area contributed by atoms with Crippen LogP contribution in [-0.4, -0.2) is 29.8 Å². The van der Waals surface area contributed by atoms with Gasteiger partial charge in [-0.1, -0.05) is 67.1 Å². The molecule has 2 aromatic rings. The molecule has 0 spiro atoms. The summed E-state index contributed by atoms with van der Waals surface area (Å²) in [6.07, 6.45) is 1.70. The summed E-state index contributed by atoms with van der Waals surface area (Å²) >= 11 is 0. The van der Waals surface area contributed by atoms with Gasteiger partial charge >= 0.3 is 0 Å². The van der Waals surface area contributed by atoms with Crippen LogP contribution in [0.3, 0.4) is 0 Å². The van der Waals surface area contributed by atoms with Crippen LogP contribution in [0, 0.1) is 6.92 Å². The van der Waals surface area contributed by atoms with Crippen LogP contribution < -0.4 is 5.32 Å². The van der Waals surface area contributed by atoms with Gasteiger partial charge in [-0.05, 0) is 24.5 Å². The Bertz CT molecular complexity index is 728. The minimum Gasteiger partial charge on any atom is -0.357 e. The molecule has 0 aliphatic rings. The molecule has 2 rings (SSSR count). The number of carbonyl (C=O) groups is 2. The second-order valence-corrected chi connectivity index (χ2v) is 6.58. The van der Waals surface area contributed by atoms with Gasteiger partial charge < -0.3 is 10.2 Å². The third-order valence-electron chi connectivity index (χ3n) is 4.42. The van der Waals surface area contributed by atoms with Crippen LogP contribution in [0.25, 0.3) is 0 Å². The molecule has 0 saturated carbocycles. The van der Waals surface area contributed by atoms with Crippen LogP contribution in [0.4, 0.5) is 0 Å². The number of benzene rings is 2. The van der Waals surface area contributed by atoms with Crippen molar-refractivity contribution in [3.8, 4) is 0 Å². The van der Waals surface area contributed by atoms with Crippen molar-refractivity contribution in [2.24, 2.45) is 0 Å². The third-order valence-corrected chi connectivity index (χ3v) is 4.42. The zero-order valence-electron chi connectivity index (χ0n) is 15.9. The monoisotopic (exact) mass is 352 g/mol. The first-order chi connectivity index (χ1) is 12.5. The molecule has 26 heavy (non-hydrogen) atoms. The number of carbonyl (C=O) groups excluding carboxylic acids is 2. The number of amides is 2. The van der Waals surface area contributed by atoms with Gasteiger partial charge in [0.25, 0.3) is 0 Å². The first-order valence-corrected chi connectivity index (χ1v) is 9.15. The number of nitrogens with one attached hydrogen (secondary N) is 1. The van der Waals surface area contributed by atoms with E-state index >= 15 is 0 Å². The molecule has 0 aromatic heterocycles. The predicted molar refractivity (Wildman–Crippen MR) is 105 cm³/mol. The fraction of sp³-hybridized carbons (Fsp3) is 0.364. The Labute approximate surface area is 156 Å². The summed E-state index contributed by atoms with van der Waals surface area (Å²) in [6, 6.07) is 17.4. The maximum atomic E-state index is 12.8. The molecule has 1 atom stereocenters. The average molecular weight is 352 g/mol. The molecule has 0 unspecified atom stereocenters. The smallest absolute Gasteiger partial charge is 0.242 e. The highest BCUT2D eigenvalue weighted by atomic mass is 16.2. The lowest BCUT2D eigenvalue weighted by atomic mass is 10.0. The zero-order valence-corrected chi connectivity index (χ0v) is 15.9. The van der Waals surface area contributed by atoms with Crippen molar-refractivity contribution < 1.29 is 9.59 Å². The van der Waals surface area contributed by atoms with Crippen LogP contribution in [0.5, 0.6) is 0 Å². The van der Waals surface area contributed by atoms with Crippen LogP contribution in [0.15, 0.2) is 54.6 Å². The molecule has 1 N–H and O–H groups in total. The fourth-order valence-electron chi connectivity index (χ4n) is 3.09. The van der Waals surface area contributed by atoms with Gasteiger partial charge in [0.2, 0.25) is 11.8 Å². The van der Waals surface area contributed by atoms with E-state index in [9.17, 15) is 9.59 Å². The maximum Gasteiger partial charge on any atom is 0.242 e. The second kappa shape index (κ2) is 9.76. The van der Waals surface area contributed by atoms with E-state index in [2.05, 4.69) is 11.4 Å². The van der Waals surface area contributed by atoms with E-state index in [1.807, 2.05) is 62.4 Å². The molecule has 0 aliphatic heterocycles. The van der Waals surface area contributed by atoms with Crippen molar-refractivity contribution in [3.05, 3.63) is 71.3 Å². The highest BCUT2D eigenvalue weighted by Crippen LogP contribution is 2.16. The van der Waals surface area contributed by atoms with Crippen LogP contribution in [0.1, 0.15) is 36.5 Å². The standard InChI is InChI=1S/C22H28N2O2/c1-4-9-21(25)24(16-19-13-8-10-17(2)14-19)20(22(26)23-3)15-18-11-6-5-7-12-18/h5-8,10-14,20H,4,9,15-16H2,1-3H3,(H,23,26)/t20-/m0/s1. The Morgan fingerprint density at radius 3 is 2.35 bits per heavy atom. The highest BCUT2D eigenvalue weighted by Gasteiger charge is 2.29. The molecule has 138 valence electrons. The molecule has 0 aliphatic carbocycles. The minimum absolute atomic E-state index is 0.0125. The van der Waals surface area contributed by atoms with Gasteiger partial charge in [-0.15, -0.1) is 0 Å². The molecule has 4 nitrogen and oxygen atoms in total. The first-order valence-electron chi connectivity index (χ1n) is 9.15. The highest BCUT2D eigenvalue weighted by molar-refractivity contribution is 5.87. The molecular formula is C22H28N2O2. The summed E-state index contributed by atoms with van der Waals surface area (Å²) in [6.45, 7) is 4.45. The number of hydrogen-bond donors (Lipinski definition) is 1. The molecule has 0 saturated heterocycles. The van der Waals surface area contributed by atoms with Crippen LogP contribution in [-0.2, 0) is 22.6 Å². The van der Waals surface area contributed by atoms with Crippen molar-refractivity contribution in [2.75, 3.05) is 7.05 Å². The number of likely N-dealkylation sites (N-methyl/N-ethyl adjacent to an activating group) is 1. The Morgan fingerprint density at radius 1 is 1.04 bits per heavy atom. The minimum atomic E-state index is -0.526. The number of aryl methyl sites for hydroxylation is 1. The number of nitrogens with zero attached hydrogens (tertiary/aromatic N) is 1. The summed E-state index contributed by atoms with van der Waals surface area (Å²) in [5.41, 5.74) is 3.22.